The lowest BCUT2D eigenvalue weighted by Gasteiger charge is -2.61. The number of hydrogen-bond donors (Lipinski definition) is 1. The number of aliphatic hydroxyl groups is 1. The summed E-state index contributed by atoms with van der Waals surface area (Å²) in [6.45, 7) is 7.10. The Kier molecular flexibility index (Phi) is 3.39. The van der Waals surface area contributed by atoms with Gasteiger partial charge in [-0.1, -0.05) is 6.92 Å². The number of aliphatic hydroxyl groups excluding tert-OH is 1. The monoisotopic (exact) mass is 279 g/mol. The quantitative estimate of drug-likeness (QED) is 0.859. The number of carbonyl (C=O) groups is 1. The van der Waals surface area contributed by atoms with Crippen LogP contribution in [0.3, 0.4) is 0 Å². The lowest BCUT2D eigenvalue weighted by molar-refractivity contribution is -0.168. The van der Waals surface area contributed by atoms with E-state index in [1.807, 2.05) is 4.90 Å². The first-order valence-electron chi connectivity index (χ1n) is 8.29. The molecule has 0 aliphatic heterocycles. The van der Waals surface area contributed by atoms with Crippen LogP contribution >= 0.6 is 0 Å². The Bertz CT molecular complexity index is 390. The van der Waals surface area contributed by atoms with Gasteiger partial charge in [0.25, 0.3) is 0 Å². The fraction of sp³-hybridized carbons (Fsp3) is 0.941. The van der Waals surface area contributed by atoms with Gasteiger partial charge < -0.3 is 10.0 Å². The maximum Gasteiger partial charge on any atom is 0.229 e. The van der Waals surface area contributed by atoms with E-state index in [-0.39, 0.29) is 18.1 Å². The van der Waals surface area contributed by atoms with Crippen molar-refractivity contribution >= 4 is 5.91 Å². The van der Waals surface area contributed by atoms with Gasteiger partial charge in [0.15, 0.2) is 0 Å². The fourth-order valence-corrected chi connectivity index (χ4v) is 5.98. The Hall–Kier alpha value is -0.570. The van der Waals surface area contributed by atoms with Crippen molar-refractivity contribution in [3.05, 3.63) is 0 Å². The van der Waals surface area contributed by atoms with E-state index in [1.165, 1.54) is 19.3 Å². The zero-order chi connectivity index (χ0) is 14.5. The summed E-state index contributed by atoms with van der Waals surface area (Å²) in [5.41, 5.74) is 0.305. The second-order valence-electron chi connectivity index (χ2n) is 8.37. The first kappa shape index (κ1) is 14.4. The summed E-state index contributed by atoms with van der Waals surface area (Å²) in [5, 5.41) is 9.27. The molecule has 2 atom stereocenters. The van der Waals surface area contributed by atoms with Crippen molar-refractivity contribution in [2.24, 2.45) is 22.7 Å². The minimum Gasteiger partial charge on any atom is -0.395 e. The summed E-state index contributed by atoms with van der Waals surface area (Å²) in [7, 11) is 0. The predicted molar refractivity (Wildman–Crippen MR) is 79.2 cm³/mol. The molecular formula is C17H29NO2. The molecule has 4 aliphatic rings. The van der Waals surface area contributed by atoms with Gasteiger partial charge in [0.2, 0.25) is 5.91 Å². The van der Waals surface area contributed by atoms with Crippen molar-refractivity contribution in [1.82, 2.24) is 4.90 Å². The van der Waals surface area contributed by atoms with Crippen LogP contribution in [0.4, 0.5) is 0 Å². The molecule has 2 unspecified atom stereocenters. The van der Waals surface area contributed by atoms with E-state index in [9.17, 15) is 9.90 Å². The summed E-state index contributed by atoms with van der Waals surface area (Å²) in [6, 6.07) is 0.190. The van der Waals surface area contributed by atoms with Crippen LogP contribution < -0.4 is 0 Å². The van der Waals surface area contributed by atoms with Gasteiger partial charge in [-0.2, -0.15) is 0 Å². The standard InChI is InChI=1S/C17H29NO2/c1-12(2)18(4-5-19)15(20)17-9-13-6-14(10-17)8-16(3,7-13)11-17/h12-14,19H,4-11H2,1-3H3. The van der Waals surface area contributed by atoms with Gasteiger partial charge in [0.05, 0.1) is 12.0 Å². The van der Waals surface area contributed by atoms with E-state index < -0.39 is 0 Å². The van der Waals surface area contributed by atoms with Gasteiger partial charge in [-0.3, -0.25) is 4.79 Å². The largest absolute Gasteiger partial charge is 0.395 e. The minimum atomic E-state index is -0.0989. The molecule has 1 N–H and O–H groups in total. The van der Waals surface area contributed by atoms with Crippen LogP contribution in [0, 0.1) is 22.7 Å². The van der Waals surface area contributed by atoms with Crippen LogP contribution in [-0.4, -0.2) is 35.1 Å². The van der Waals surface area contributed by atoms with E-state index in [1.54, 1.807) is 0 Å². The number of nitrogens with zero attached hydrogens (tertiary/aromatic N) is 1. The number of amides is 1. The topological polar surface area (TPSA) is 40.5 Å². The van der Waals surface area contributed by atoms with Crippen molar-refractivity contribution in [2.75, 3.05) is 13.2 Å². The molecular weight excluding hydrogens is 250 g/mol. The maximum atomic E-state index is 13.2. The van der Waals surface area contributed by atoms with Gasteiger partial charge >= 0.3 is 0 Å². The molecule has 114 valence electrons. The minimum absolute atomic E-state index is 0.0735. The zero-order valence-corrected chi connectivity index (χ0v) is 13.2. The molecule has 4 rings (SSSR count). The normalized spacial score (nSPS) is 42.2. The molecule has 4 saturated carbocycles. The maximum absolute atomic E-state index is 13.2. The van der Waals surface area contributed by atoms with E-state index in [0.717, 1.165) is 31.1 Å². The predicted octanol–water partition coefficient (Wildman–Crippen LogP) is 2.82. The summed E-state index contributed by atoms with van der Waals surface area (Å²) in [5.74, 6) is 1.88. The molecule has 3 heteroatoms. The molecule has 20 heavy (non-hydrogen) atoms. The number of hydrogen-bond acceptors (Lipinski definition) is 2. The Morgan fingerprint density at radius 1 is 1.25 bits per heavy atom. The lowest BCUT2D eigenvalue weighted by Crippen LogP contribution is -2.58. The number of carbonyl (C=O) groups excluding carboxylic acids is 1. The molecule has 4 bridgehead atoms. The van der Waals surface area contributed by atoms with Crippen LogP contribution in [-0.2, 0) is 4.79 Å². The van der Waals surface area contributed by atoms with Crippen LogP contribution in [0.2, 0.25) is 0 Å². The van der Waals surface area contributed by atoms with Crippen LogP contribution in [0.25, 0.3) is 0 Å². The molecule has 1 amide bonds. The van der Waals surface area contributed by atoms with Gasteiger partial charge in [0.1, 0.15) is 0 Å². The highest BCUT2D eigenvalue weighted by Gasteiger charge is 2.59. The van der Waals surface area contributed by atoms with Crippen LogP contribution in [0.1, 0.15) is 59.3 Å². The third-order valence-corrected chi connectivity index (χ3v) is 6.03. The molecule has 0 aromatic rings. The molecule has 0 saturated heterocycles. The average molecular weight is 279 g/mol. The highest BCUT2D eigenvalue weighted by Crippen LogP contribution is 2.65. The number of rotatable bonds is 4. The summed E-state index contributed by atoms with van der Waals surface area (Å²) >= 11 is 0. The van der Waals surface area contributed by atoms with Crippen molar-refractivity contribution in [3.63, 3.8) is 0 Å². The lowest BCUT2D eigenvalue weighted by atomic mass is 9.44. The van der Waals surface area contributed by atoms with Crippen molar-refractivity contribution in [1.29, 1.82) is 0 Å². The Morgan fingerprint density at radius 2 is 1.85 bits per heavy atom. The summed E-state index contributed by atoms with van der Waals surface area (Å²) in [4.78, 5) is 15.1. The molecule has 4 fully saturated rings. The SMILES string of the molecule is CC(C)N(CCO)C(=O)C12CC3CC(CC(C)(C3)C1)C2. The van der Waals surface area contributed by atoms with Crippen molar-refractivity contribution < 1.29 is 9.90 Å². The van der Waals surface area contributed by atoms with Crippen LogP contribution in [0.15, 0.2) is 0 Å². The molecule has 0 heterocycles. The van der Waals surface area contributed by atoms with E-state index in [4.69, 9.17) is 0 Å². The van der Waals surface area contributed by atoms with Crippen molar-refractivity contribution in [3.8, 4) is 0 Å². The first-order valence-corrected chi connectivity index (χ1v) is 8.29. The third kappa shape index (κ3) is 2.18. The van der Waals surface area contributed by atoms with Crippen LogP contribution in [0.5, 0.6) is 0 Å². The highest BCUT2D eigenvalue weighted by atomic mass is 16.3. The zero-order valence-electron chi connectivity index (χ0n) is 13.2. The highest BCUT2D eigenvalue weighted by molar-refractivity contribution is 5.83. The van der Waals surface area contributed by atoms with E-state index in [2.05, 4.69) is 20.8 Å². The Labute approximate surface area is 122 Å². The fourth-order valence-electron chi connectivity index (χ4n) is 5.98. The van der Waals surface area contributed by atoms with E-state index >= 15 is 0 Å². The Balaban J connectivity index is 1.86. The Morgan fingerprint density at radius 3 is 2.30 bits per heavy atom. The van der Waals surface area contributed by atoms with E-state index in [0.29, 0.717) is 17.9 Å². The van der Waals surface area contributed by atoms with Gasteiger partial charge in [0, 0.05) is 12.6 Å². The average Bonchev–Trinajstić information content (AvgIpc) is 2.31. The summed E-state index contributed by atoms with van der Waals surface area (Å²) in [6.07, 6.45) is 7.31. The van der Waals surface area contributed by atoms with Gasteiger partial charge in [-0.15, -0.1) is 0 Å². The molecule has 4 aliphatic carbocycles. The molecule has 0 aromatic carbocycles. The molecule has 3 nitrogen and oxygen atoms in total. The van der Waals surface area contributed by atoms with Gasteiger partial charge in [-0.05, 0) is 69.6 Å². The van der Waals surface area contributed by atoms with Gasteiger partial charge in [-0.25, -0.2) is 0 Å². The summed E-state index contributed by atoms with van der Waals surface area (Å²) < 4.78 is 0. The smallest absolute Gasteiger partial charge is 0.229 e. The molecule has 0 aromatic heterocycles. The van der Waals surface area contributed by atoms with Crippen molar-refractivity contribution in [2.45, 2.75) is 65.3 Å². The third-order valence-electron chi connectivity index (χ3n) is 6.03. The second-order valence-corrected chi connectivity index (χ2v) is 8.37. The first-order chi connectivity index (χ1) is 9.37. The second kappa shape index (κ2) is 4.72. The molecule has 0 spiro atoms. The molecule has 0 radical (unpaired) electrons.